The molecule has 0 atom stereocenters. The maximum atomic E-state index is 11.4. The number of carbonyl (C=O) groups excluding carboxylic acids is 1. The highest BCUT2D eigenvalue weighted by atomic mass is 32.2. The fraction of sp³-hybridized carbons (Fsp3) is 0.182. The van der Waals surface area contributed by atoms with Crippen LogP contribution in [0.3, 0.4) is 0 Å². The molecule has 8 heteroatoms. The number of hydrogen-bond acceptors (Lipinski definition) is 5. The molecule has 0 aliphatic heterocycles. The first-order valence-corrected chi connectivity index (χ1v) is 6.37. The van der Waals surface area contributed by atoms with Crippen molar-refractivity contribution in [2.24, 2.45) is 5.73 Å². The summed E-state index contributed by atoms with van der Waals surface area (Å²) in [7, 11) is 0. The normalized spacial score (nSPS) is 10.6. The minimum absolute atomic E-state index is 0.255. The van der Waals surface area contributed by atoms with Crippen LogP contribution in [0.4, 0.5) is 5.69 Å². The molecule has 1 aromatic heterocycles. The first kappa shape index (κ1) is 13.2. The van der Waals surface area contributed by atoms with E-state index in [9.17, 15) is 9.59 Å². The minimum Gasteiger partial charge on any atom is -0.397 e. The standard InChI is InChI=1S/C11H13N5O2S/c1-2-16-10(18)14-15-11(16)19-7-5-3-4-6(8(7)12)9(13)17/h3-5H,2,12H2,1H3,(H2,13,17)(H,14,18). The van der Waals surface area contributed by atoms with Gasteiger partial charge in [-0.25, -0.2) is 9.89 Å². The fourth-order valence-electron chi connectivity index (χ4n) is 1.61. The Labute approximate surface area is 113 Å². The molecule has 0 spiro atoms. The van der Waals surface area contributed by atoms with E-state index in [2.05, 4.69) is 10.2 Å². The smallest absolute Gasteiger partial charge is 0.343 e. The van der Waals surface area contributed by atoms with Crippen molar-refractivity contribution in [3.8, 4) is 0 Å². The quantitative estimate of drug-likeness (QED) is 0.701. The predicted octanol–water partition coefficient (Wildman–Crippen LogP) is 0.424. The molecule has 19 heavy (non-hydrogen) atoms. The number of carbonyl (C=O) groups is 1. The summed E-state index contributed by atoms with van der Waals surface area (Å²) in [5, 5.41) is 6.77. The molecule has 0 saturated heterocycles. The van der Waals surface area contributed by atoms with Crippen LogP contribution in [0.1, 0.15) is 17.3 Å². The molecular formula is C11H13N5O2S. The molecule has 7 nitrogen and oxygen atoms in total. The van der Waals surface area contributed by atoms with Crippen LogP contribution in [0.2, 0.25) is 0 Å². The third kappa shape index (κ3) is 2.48. The van der Waals surface area contributed by atoms with Crippen molar-refractivity contribution in [3.63, 3.8) is 0 Å². The van der Waals surface area contributed by atoms with Crippen LogP contribution in [0.5, 0.6) is 0 Å². The highest BCUT2D eigenvalue weighted by Crippen LogP contribution is 2.31. The second-order valence-electron chi connectivity index (χ2n) is 3.74. The van der Waals surface area contributed by atoms with E-state index in [1.807, 2.05) is 6.92 Å². The minimum atomic E-state index is -0.588. The first-order valence-electron chi connectivity index (χ1n) is 5.56. The number of primary amides is 1. The number of nitrogens with one attached hydrogen (secondary N) is 1. The summed E-state index contributed by atoms with van der Waals surface area (Å²) >= 11 is 1.21. The summed E-state index contributed by atoms with van der Waals surface area (Å²) in [5.74, 6) is -0.588. The number of nitrogens with zero attached hydrogens (tertiary/aromatic N) is 2. The highest BCUT2D eigenvalue weighted by molar-refractivity contribution is 7.99. The van der Waals surface area contributed by atoms with Gasteiger partial charge in [-0.3, -0.25) is 9.36 Å². The van der Waals surface area contributed by atoms with Gasteiger partial charge in [-0.15, -0.1) is 5.10 Å². The Balaban J connectivity index is 2.41. The van der Waals surface area contributed by atoms with Crippen LogP contribution in [0.25, 0.3) is 0 Å². The zero-order chi connectivity index (χ0) is 14.0. The number of nitrogen functional groups attached to an aromatic ring is 1. The van der Waals surface area contributed by atoms with Crippen molar-refractivity contribution in [1.29, 1.82) is 0 Å². The average Bonchev–Trinajstić information content (AvgIpc) is 2.72. The summed E-state index contributed by atoms with van der Waals surface area (Å²) in [4.78, 5) is 23.3. The molecule has 1 heterocycles. The largest absolute Gasteiger partial charge is 0.397 e. The molecule has 0 unspecified atom stereocenters. The zero-order valence-electron chi connectivity index (χ0n) is 10.2. The Kier molecular flexibility index (Phi) is 3.61. The number of H-pyrrole nitrogens is 1. The molecule has 1 amide bonds. The number of anilines is 1. The van der Waals surface area contributed by atoms with Gasteiger partial charge in [0.1, 0.15) is 0 Å². The third-order valence-corrected chi connectivity index (χ3v) is 3.64. The SMILES string of the molecule is CCn1c(Sc2cccc(C(N)=O)c2N)n[nH]c1=O. The van der Waals surface area contributed by atoms with E-state index in [-0.39, 0.29) is 16.9 Å². The Morgan fingerprint density at radius 2 is 2.26 bits per heavy atom. The van der Waals surface area contributed by atoms with Crippen molar-refractivity contribution in [2.75, 3.05) is 5.73 Å². The number of aromatic amines is 1. The zero-order valence-corrected chi connectivity index (χ0v) is 11.0. The van der Waals surface area contributed by atoms with E-state index in [1.54, 1.807) is 18.2 Å². The second-order valence-corrected chi connectivity index (χ2v) is 4.75. The molecule has 0 fully saturated rings. The van der Waals surface area contributed by atoms with Crippen LogP contribution < -0.4 is 17.2 Å². The Morgan fingerprint density at radius 1 is 1.53 bits per heavy atom. The number of nitrogens with two attached hydrogens (primary N) is 2. The van der Waals surface area contributed by atoms with Crippen molar-refractivity contribution >= 4 is 23.4 Å². The summed E-state index contributed by atoms with van der Waals surface area (Å²) in [5.41, 5.74) is 11.4. The number of para-hydroxylation sites is 1. The van der Waals surface area contributed by atoms with Gasteiger partial charge >= 0.3 is 5.69 Å². The second kappa shape index (κ2) is 5.19. The number of aromatic nitrogens is 3. The number of benzene rings is 1. The number of hydrogen-bond donors (Lipinski definition) is 3. The lowest BCUT2D eigenvalue weighted by atomic mass is 10.2. The lowest BCUT2D eigenvalue weighted by molar-refractivity contribution is 0.100. The van der Waals surface area contributed by atoms with Crippen molar-refractivity contribution in [1.82, 2.24) is 14.8 Å². The van der Waals surface area contributed by atoms with E-state index >= 15 is 0 Å². The fourth-order valence-corrected chi connectivity index (χ4v) is 2.58. The molecule has 0 saturated carbocycles. The molecule has 0 radical (unpaired) electrons. The van der Waals surface area contributed by atoms with Crippen molar-refractivity contribution in [2.45, 2.75) is 23.5 Å². The number of amides is 1. The van der Waals surface area contributed by atoms with Crippen molar-refractivity contribution in [3.05, 3.63) is 34.2 Å². The van der Waals surface area contributed by atoms with E-state index in [0.717, 1.165) is 0 Å². The molecule has 0 aliphatic carbocycles. The van der Waals surface area contributed by atoms with Gasteiger partial charge in [-0.2, -0.15) is 0 Å². The third-order valence-electron chi connectivity index (χ3n) is 2.57. The molecule has 2 aromatic rings. The monoisotopic (exact) mass is 279 g/mol. The Morgan fingerprint density at radius 3 is 2.89 bits per heavy atom. The Bertz CT molecular complexity index is 676. The maximum absolute atomic E-state index is 11.4. The van der Waals surface area contributed by atoms with Crippen LogP contribution in [0.15, 0.2) is 33.0 Å². The molecule has 100 valence electrons. The van der Waals surface area contributed by atoms with Gasteiger partial charge in [-0.05, 0) is 30.8 Å². The molecule has 1 aromatic carbocycles. The summed E-state index contributed by atoms with van der Waals surface area (Å²) < 4.78 is 1.47. The van der Waals surface area contributed by atoms with Gasteiger partial charge in [0.05, 0.1) is 11.3 Å². The molecule has 0 bridgehead atoms. The van der Waals surface area contributed by atoms with E-state index in [1.165, 1.54) is 16.3 Å². The number of rotatable bonds is 4. The summed E-state index contributed by atoms with van der Waals surface area (Å²) in [6.45, 7) is 2.33. The van der Waals surface area contributed by atoms with E-state index in [0.29, 0.717) is 16.6 Å². The maximum Gasteiger partial charge on any atom is 0.343 e. The van der Waals surface area contributed by atoms with Gasteiger partial charge in [0.25, 0.3) is 5.91 Å². The summed E-state index contributed by atoms with van der Waals surface area (Å²) in [6.07, 6.45) is 0. The average molecular weight is 279 g/mol. The summed E-state index contributed by atoms with van der Waals surface area (Å²) in [6, 6.07) is 4.98. The van der Waals surface area contributed by atoms with Crippen LogP contribution in [0, 0.1) is 0 Å². The van der Waals surface area contributed by atoms with E-state index < -0.39 is 5.91 Å². The van der Waals surface area contributed by atoms with Crippen LogP contribution >= 0.6 is 11.8 Å². The predicted molar refractivity (Wildman–Crippen MR) is 72.0 cm³/mol. The van der Waals surface area contributed by atoms with Crippen LogP contribution in [-0.2, 0) is 6.54 Å². The lowest BCUT2D eigenvalue weighted by Crippen LogP contribution is -2.16. The first-order chi connectivity index (χ1) is 9.04. The topological polar surface area (TPSA) is 120 Å². The van der Waals surface area contributed by atoms with Crippen LogP contribution in [-0.4, -0.2) is 20.7 Å². The lowest BCUT2D eigenvalue weighted by Gasteiger charge is -2.08. The Hall–Kier alpha value is -2.22. The molecular weight excluding hydrogens is 266 g/mol. The van der Waals surface area contributed by atoms with Gasteiger partial charge in [0.2, 0.25) is 0 Å². The van der Waals surface area contributed by atoms with E-state index in [4.69, 9.17) is 11.5 Å². The molecule has 0 aliphatic rings. The molecule has 5 N–H and O–H groups in total. The highest BCUT2D eigenvalue weighted by Gasteiger charge is 2.14. The van der Waals surface area contributed by atoms with Gasteiger partial charge in [0.15, 0.2) is 5.16 Å². The van der Waals surface area contributed by atoms with Crippen molar-refractivity contribution < 1.29 is 4.79 Å². The van der Waals surface area contributed by atoms with Gasteiger partial charge in [-0.1, -0.05) is 6.07 Å². The van der Waals surface area contributed by atoms with Gasteiger partial charge in [0, 0.05) is 11.4 Å². The molecule has 2 rings (SSSR count). The van der Waals surface area contributed by atoms with Gasteiger partial charge < -0.3 is 11.5 Å².